The van der Waals surface area contributed by atoms with Crippen LogP contribution in [-0.4, -0.2) is 15.4 Å². The van der Waals surface area contributed by atoms with E-state index >= 15 is 0 Å². The Morgan fingerprint density at radius 3 is 2.43 bits per heavy atom. The van der Waals surface area contributed by atoms with Gasteiger partial charge >= 0.3 is 0 Å². The van der Waals surface area contributed by atoms with Crippen LogP contribution in [-0.2, 0) is 21.3 Å². The number of anilines is 1. The molecule has 0 unspecified atom stereocenters. The van der Waals surface area contributed by atoms with Crippen molar-refractivity contribution in [3.63, 3.8) is 0 Å². The highest BCUT2D eigenvalue weighted by Crippen LogP contribution is 2.14. The first kappa shape index (κ1) is 15.4. The van der Waals surface area contributed by atoms with Crippen LogP contribution >= 0.6 is 0 Å². The van der Waals surface area contributed by atoms with Crippen LogP contribution in [0.5, 0.6) is 0 Å². The molecule has 0 saturated carbocycles. The normalized spacial score (nSPS) is 13.4. The van der Waals surface area contributed by atoms with E-state index < -0.39 is 27.8 Å². The van der Waals surface area contributed by atoms with E-state index in [0.29, 0.717) is 5.75 Å². The molecule has 1 N–H and O–H groups in total. The minimum atomic E-state index is -1.36. The highest BCUT2D eigenvalue weighted by atomic mass is 32.2. The Hall–Kier alpha value is -2.01. The lowest BCUT2D eigenvalue weighted by molar-refractivity contribution is -0.115. The third-order valence-electron chi connectivity index (χ3n) is 3.05. The maximum Gasteiger partial charge on any atom is 0.239 e. The number of benzene rings is 2. The molecule has 5 heteroatoms. The molecule has 2 atom stereocenters. The Bertz CT molecular complexity index is 646. The van der Waals surface area contributed by atoms with Crippen LogP contribution in [0.1, 0.15) is 12.5 Å². The maximum atomic E-state index is 13.5. The van der Waals surface area contributed by atoms with Crippen molar-refractivity contribution in [2.75, 3.05) is 5.32 Å². The average Bonchev–Trinajstić information content (AvgIpc) is 2.49. The van der Waals surface area contributed by atoms with Crippen molar-refractivity contribution in [3.8, 4) is 0 Å². The van der Waals surface area contributed by atoms with E-state index in [9.17, 15) is 13.4 Å². The van der Waals surface area contributed by atoms with E-state index in [1.807, 2.05) is 30.3 Å². The van der Waals surface area contributed by atoms with Crippen LogP contribution in [0.15, 0.2) is 54.6 Å². The summed E-state index contributed by atoms with van der Waals surface area (Å²) in [6.07, 6.45) is 0. The monoisotopic (exact) mass is 305 g/mol. The molecule has 2 aromatic carbocycles. The van der Waals surface area contributed by atoms with Gasteiger partial charge in [0, 0.05) is 16.6 Å². The molecule has 0 spiro atoms. The number of hydrogen-bond donors (Lipinski definition) is 1. The molecule has 2 aromatic rings. The van der Waals surface area contributed by atoms with Gasteiger partial charge in [-0.2, -0.15) is 0 Å². The number of carbonyl (C=O) groups is 1. The van der Waals surface area contributed by atoms with Gasteiger partial charge in [0.05, 0.1) is 5.69 Å². The van der Waals surface area contributed by atoms with Gasteiger partial charge in [-0.05, 0) is 24.6 Å². The summed E-state index contributed by atoms with van der Waals surface area (Å²) in [5, 5.41) is 1.75. The fraction of sp³-hybridized carbons (Fsp3) is 0.188. The Morgan fingerprint density at radius 1 is 1.14 bits per heavy atom. The molecular weight excluding hydrogens is 289 g/mol. The molecule has 21 heavy (non-hydrogen) atoms. The van der Waals surface area contributed by atoms with E-state index in [0.717, 1.165) is 5.56 Å². The van der Waals surface area contributed by atoms with Crippen molar-refractivity contribution in [1.82, 2.24) is 0 Å². The van der Waals surface area contributed by atoms with Gasteiger partial charge in [0.2, 0.25) is 5.91 Å². The molecule has 0 bridgehead atoms. The first-order valence-corrected chi connectivity index (χ1v) is 7.92. The lowest BCUT2D eigenvalue weighted by Crippen LogP contribution is -2.30. The van der Waals surface area contributed by atoms with Crippen LogP contribution in [0.25, 0.3) is 0 Å². The lowest BCUT2D eigenvalue weighted by atomic mass is 10.2. The average molecular weight is 305 g/mol. The second-order valence-electron chi connectivity index (χ2n) is 4.62. The number of nitrogens with one attached hydrogen (secondary N) is 1. The first-order chi connectivity index (χ1) is 10.1. The topological polar surface area (TPSA) is 46.2 Å². The summed E-state index contributed by atoms with van der Waals surface area (Å²) in [6.45, 7) is 1.58. The Morgan fingerprint density at radius 2 is 1.76 bits per heavy atom. The zero-order valence-corrected chi connectivity index (χ0v) is 12.4. The summed E-state index contributed by atoms with van der Waals surface area (Å²) in [4.78, 5) is 12.0. The minimum absolute atomic E-state index is 0.103. The summed E-state index contributed by atoms with van der Waals surface area (Å²) in [5.41, 5.74) is 1.01. The number of para-hydroxylation sites is 1. The van der Waals surface area contributed by atoms with E-state index in [1.54, 1.807) is 19.1 Å². The molecule has 1 amide bonds. The SMILES string of the molecule is C[C@@H](C(=O)Nc1ccccc1F)[S@@](=O)Cc1ccccc1. The quantitative estimate of drug-likeness (QED) is 0.922. The Kier molecular flexibility index (Phi) is 5.22. The van der Waals surface area contributed by atoms with Gasteiger partial charge in [0.15, 0.2) is 0 Å². The van der Waals surface area contributed by atoms with E-state index in [2.05, 4.69) is 5.32 Å². The van der Waals surface area contributed by atoms with Crippen LogP contribution in [0.4, 0.5) is 10.1 Å². The highest BCUT2D eigenvalue weighted by Gasteiger charge is 2.21. The van der Waals surface area contributed by atoms with Crippen LogP contribution in [0.2, 0.25) is 0 Å². The predicted octanol–water partition coefficient (Wildman–Crippen LogP) is 3.10. The molecule has 0 saturated heterocycles. The Labute approximate surface area is 125 Å². The number of carbonyl (C=O) groups excluding carboxylic acids is 1. The molecule has 0 aliphatic rings. The number of halogens is 1. The van der Waals surface area contributed by atoms with Crippen LogP contribution in [0.3, 0.4) is 0 Å². The van der Waals surface area contributed by atoms with Crippen molar-refractivity contribution < 1.29 is 13.4 Å². The molecule has 0 fully saturated rings. The summed E-state index contributed by atoms with van der Waals surface area (Å²) >= 11 is 0. The van der Waals surface area contributed by atoms with Gasteiger partial charge in [0.25, 0.3) is 0 Å². The summed E-state index contributed by atoms with van der Waals surface area (Å²) < 4.78 is 25.7. The summed E-state index contributed by atoms with van der Waals surface area (Å²) in [6, 6.07) is 15.2. The molecule has 0 aliphatic carbocycles. The smallest absolute Gasteiger partial charge is 0.239 e. The molecule has 3 nitrogen and oxygen atoms in total. The van der Waals surface area contributed by atoms with E-state index in [4.69, 9.17) is 0 Å². The fourth-order valence-corrected chi connectivity index (χ4v) is 2.85. The third kappa shape index (κ3) is 4.23. The highest BCUT2D eigenvalue weighted by molar-refractivity contribution is 7.85. The maximum absolute atomic E-state index is 13.5. The van der Waals surface area contributed by atoms with Crippen LogP contribution < -0.4 is 5.32 Å². The minimum Gasteiger partial charge on any atom is -0.323 e. The Balaban J connectivity index is 1.99. The van der Waals surface area contributed by atoms with Gasteiger partial charge in [-0.25, -0.2) is 4.39 Å². The molecule has 110 valence electrons. The zero-order valence-electron chi connectivity index (χ0n) is 11.6. The zero-order chi connectivity index (χ0) is 15.2. The molecular formula is C16H16FNO2S. The second kappa shape index (κ2) is 7.13. The number of hydrogen-bond acceptors (Lipinski definition) is 2. The van der Waals surface area contributed by atoms with Crippen molar-refractivity contribution in [1.29, 1.82) is 0 Å². The van der Waals surface area contributed by atoms with Crippen molar-refractivity contribution in [2.24, 2.45) is 0 Å². The predicted molar refractivity (Wildman–Crippen MR) is 82.8 cm³/mol. The number of rotatable bonds is 5. The summed E-state index contributed by atoms with van der Waals surface area (Å²) in [5.74, 6) is -0.659. The van der Waals surface area contributed by atoms with Crippen LogP contribution in [0, 0.1) is 5.82 Å². The van der Waals surface area contributed by atoms with Gasteiger partial charge in [0.1, 0.15) is 11.1 Å². The summed E-state index contributed by atoms with van der Waals surface area (Å²) in [7, 11) is -1.36. The molecule has 0 aliphatic heterocycles. The molecule has 0 heterocycles. The van der Waals surface area contributed by atoms with E-state index in [1.165, 1.54) is 12.1 Å². The fourth-order valence-electron chi connectivity index (χ4n) is 1.78. The van der Waals surface area contributed by atoms with Gasteiger partial charge < -0.3 is 5.32 Å². The van der Waals surface area contributed by atoms with Gasteiger partial charge in [-0.3, -0.25) is 9.00 Å². The van der Waals surface area contributed by atoms with Crippen molar-refractivity contribution >= 4 is 22.4 Å². The van der Waals surface area contributed by atoms with Crippen molar-refractivity contribution in [2.45, 2.75) is 17.9 Å². The molecule has 0 radical (unpaired) electrons. The molecule has 2 rings (SSSR count). The second-order valence-corrected chi connectivity index (χ2v) is 6.38. The molecule has 0 aromatic heterocycles. The first-order valence-electron chi connectivity index (χ1n) is 6.54. The third-order valence-corrected chi connectivity index (χ3v) is 4.67. The number of amides is 1. The van der Waals surface area contributed by atoms with E-state index in [-0.39, 0.29) is 5.69 Å². The van der Waals surface area contributed by atoms with Gasteiger partial charge in [-0.1, -0.05) is 42.5 Å². The standard InChI is InChI=1S/C16H16FNO2S/c1-12(21(20)11-13-7-3-2-4-8-13)16(19)18-15-10-6-5-9-14(15)17/h2-10,12H,11H2,1H3,(H,18,19)/t12-,21-/m0/s1. The van der Waals surface area contributed by atoms with Crippen molar-refractivity contribution in [3.05, 3.63) is 66.0 Å². The lowest BCUT2D eigenvalue weighted by Gasteiger charge is -2.12. The van der Waals surface area contributed by atoms with Gasteiger partial charge in [-0.15, -0.1) is 0 Å². The largest absolute Gasteiger partial charge is 0.323 e.